The number of nitrogens with zero attached hydrogens (tertiary/aromatic N) is 1. The van der Waals surface area contributed by atoms with Crippen LogP contribution in [0.3, 0.4) is 0 Å². The van der Waals surface area contributed by atoms with Gasteiger partial charge in [0.15, 0.2) is 0 Å². The molecule has 14 heavy (non-hydrogen) atoms. The van der Waals surface area contributed by atoms with Crippen molar-refractivity contribution in [3.05, 3.63) is 18.0 Å². The van der Waals surface area contributed by atoms with Crippen molar-refractivity contribution in [3.63, 3.8) is 0 Å². The number of methoxy groups -OCH3 is 1. The summed E-state index contributed by atoms with van der Waals surface area (Å²) in [4.78, 5) is 0. The molecule has 0 unspecified atom stereocenters. The van der Waals surface area contributed by atoms with Gasteiger partial charge in [0.2, 0.25) is 0 Å². The maximum absolute atomic E-state index is 5.49. The van der Waals surface area contributed by atoms with E-state index in [4.69, 9.17) is 9.26 Å². The van der Waals surface area contributed by atoms with E-state index in [0.29, 0.717) is 0 Å². The summed E-state index contributed by atoms with van der Waals surface area (Å²) in [6, 6.07) is 0. The molecule has 1 aliphatic rings. The summed E-state index contributed by atoms with van der Waals surface area (Å²) in [5.41, 5.74) is 1.17. The van der Waals surface area contributed by atoms with Gasteiger partial charge in [0.25, 0.3) is 0 Å². The summed E-state index contributed by atoms with van der Waals surface area (Å²) in [7, 11) is 1.79. The fourth-order valence-electron chi connectivity index (χ4n) is 1.77. The molecule has 1 heterocycles. The topological polar surface area (TPSA) is 47.3 Å². The molecule has 0 aromatic carbocycles. The number of hydrogen-bond donors (Lipinski definition) is 1. The Hall–Kier alpha value is -0.870. The van der Waals surface area contributed by atoms with Crippen molar-refractivity contribution in [2.24, 2.45) is 0 Å². The normalized spacial score (nSPS) is 19.2. The molecule has 0 saturated heterocycles. The molecular weight excluding hydrogens is 180 g/mol. The Bertz CT molecular complexity index is 262. The third-order valence-corrected chi connectivity index (χ3v) is 2.96. The molecule has 1 N–H and O–H groups in total. The van der Waals surface area contributed by atoms with Gasteiger partial charge in [0, 0.05) is 25.8 Å². The molecule has 0 radical (unpaired) electrons. The van der Waals surface area contributed by atoms with Crippen molar-refractivity contribution < 1.29 is 9.26 Å². The molecule has 0 bridgehead atoms. The van der Waals surface area contributed by atoms with Crippen molar-refractivity contribution in [2.75, 3.05) is 13.7 Å². The van der Waals surface area contributed by atoms with Crippen molar-refractivity contribution in [3.8, 4) is 0 Å². The predicted molar refractivity (Wildman–Crippen MR) is 51.8 cm³/mol. The van der Waals surface area contributed by atoms with Crippen molar-refractivity contribution >= 4 is 0 Å². The van der Waals surface area contributed by atoms with Gasteiger partial charge in [0.1, 0.15) is 6.26 Å². The summed E-state index contributed by atoms with van der Waals surface area (Å²) in [5.74, 6) is 0. The van der Waals surface area contributed by atoms with Crippen LogP contribution in [0.15, 0.2) is 17.0 Å². The number of ether oxygens (including phenoxy) is 1. The van der Waals surface area contributed by atoms with Crippen LogP contribution >= 0.6 is 0 Å². The fourth-order valence-corrected chi connectivity index (χ4v) is 1.77. The van der Waals surface area contributed by atoms with E-state index in [9.17, 15) is 0 Å². The number of nitrogens with one attached hydrogen (secondary N) is 1. The predicted octanol–water partition coefficient (Wildman–Crippen LogP) is 1.33. The first kappa shape index (κ1) is 9.68. The maximum atomic E-state index is 5.49. The minimum Gasteiger partial charge on any atom is -0.377 e. The molecule has 4 nitrogen and oxygen atoms in total. The van der Waals surface area contributed by atoms with Crippen LogP contribution in [0, 0.1) is 0 Å². The summed E-state index contributed by atoms with van der Waals surface area (Å²) >= 11 is 0. The van der Waals surface area contributed by atoms with Gasteiger partial charge < -0.3 is 14.6 Å². The van der Waals surface area contributed by atoms with E-state index in [0.717, 1.165) is 18.7 Å². The SMILES string of the molecule is COC1(CNCc2cnoc2)CCC1. The van der Waals surface area contributed by atoms with Crippen LogP contribution in [0.5, 0.6) is 0 Å². The molecule has 0 spiro atoms. The van der Waals surface area contributed by atoms with Crippen LogP contribution in [-0.4, -0.2) is 24.4 Å². The molecule has 1 fully saturated rings. The van der Waals surface area contributed by atoms with Crippen LogP contribution < -0.4 is 5.32 Å². The first-order valence-corrected chi connectivity index (χ1v) is 4.99. The molecule has 1 aliphatic carbocycles. The summed E-state index contributed by atoms with van der Waals surface area (Å²) in [5, 5.41) is 7.00. The summed E-state index contributed by atoms with van der Waals surface area (Å²) in [6.07, 6.45) is 7.00. The first-order chi connectivity index (χ1) is 6.85. The molecule has 1 aromatic rings. The van der Waals surface area contributed by atoms with Crippen LogP contribution in [-0.2, 0) is 11.3 Å². The molecule has 4 heteroatoms. The number of hydrogen-bond acceptors (Lipinski definition) is 4. The largest absolute Gasteiger partial charge is 0.377 e. The van der Waals surface area contributed by atoms with E-state index in [1.165, 1.54) is 19.3 Å². The van der Waals surface area contributed by atoms with Gasteiger partial charge in [-0.05, 0) is 19.3 Å². The summed E-state index contributed by atoms with van der Waals surface area (Å²) in [6.45, 7) is 1.71. The van der Waals surface area contributed by atoms with E-state index in [-0.39, 0.29) is 5.60 Å². The van der Waals surface area contributed by atoms with Gasteiger partial charge in [-0.3, -0.25) is 0 Å². The lowest BCUT2D eigenvalue weighted by Crippen LogP contribution is -2.47. The Kier molecular flexibility index (Phi) is 2.84. The van der Waals surface area contributed by atoms with E-state index >= 15 is 0 Å². The highest BCUT2D eigenvalue weighted by Crippen LogP contribution is 2.34. The van der Waals surface area contributed by atoms with Crippen molar-refractivity contribution in [1.82, 2.24) is 10.5 Å². The smallest absolute Gasteiger partial charge is 0.128 e. The molecule has 1 aromatic heterocycles. The van der Waals surface area contributed by atoms with Gasteiger partial charge in [-0.2, -0.15) is 0 Å². The second-order valence-electron chi connectivity index (χ2n) is 3.88. The highest BCUT2D eigenvalue weighted by molar-refractivity contribution is 5.00. The summed E-state index contributed by atoms with van der Waals surface area (Å²) < 4.78 is 10.2. The highest BCUT2D eigenvalue weighted by Gasteiger charge is 2.36. The van der Waals surface area contributed by atoms with E-state index in [1.54, 1.807) is 19.6 Å². The third-order valence-electron chi connectivity index (χ3n) is 2.96. The van der Waals surface area contributed by atoms with Gasteiger partial charge in [0.05, 0.1) is 11.8 Å². The molecule has 78 valence electrons. The zero-order valence-electron chi connectivity index (χ0n) is 8.45. The molecule has 0 aliphatic heterocycles. The lowest BCUT2D eigenvalue weighted by atomic mass is 9.80. The quantitative estimate of drug-likeness (QED) is 0.771. The zero-order valence-corrected chi connectivity index (χ0v) is 8.45. The van der Waals surface area contributed by atoms with Gasteiger partial charge in [-0.25, -0.2) is 0 Å². The van der Waals surface area contributed by atoms with Gasteiger partial charge in [-0.1, -0.05) is 5.16 Å². The fraction of sp³-hybridized carbons (Fsp3) is 0.700. The second-order valence-corrected chi connectivity index (χ2v) is 3.88. The molecule has 0 atom stereocenters. The Morgan fingerprint density at radius 2 is 2.50 bits per heavy atom. The lowest BCUT2D eigenvalue weighted by molar-refractivity contribution is -0.0695. The zero-order chi connectivity index (χ0) is 9.86. The van der Waals surface area contributed by atoms with E-state index < -0.39 is 0 Å². The highest BCUT2D eigenvalue weighted by atomic mass is 16.5. The van der Waals surface area contributed by atoms with Crippen LogP contribution in [0.4, 0.5) is 0 Å². The Morgan fingerprint density at radius 3 is 3.00 bits per heavy atom. The van der Waals surface area contributed by atoms with E-state index in [2.05, 4.69) is 10.5 Å². The van der Waals surface area contributed by atoms with Gasteiger partial charge >= 0.3 is 0 Å². The number of rotatable bonds is 5. The monoisotopic (exact) mass is 196 g/mol. The molecule has 2 rings (SSSR count). The van der Waals surface area contributed by atoms with Crippen LogP contribution in [0.25, 0.3) is 0 Å². The Balaban J connectivity index is 1.72. The Morgan fingerprint density at radius 1 is 1.64 bits per heavy atom. The average Bonchev–Trinajstić information content (AvgIpc) is 2.62. The molecule has 0 amide bonds. The minimum absolute atomic E-state index is 0.0944. The molecule has 1 saturated carbocycles. The average molecular weight is 196 g/mol. The van der Waals surface area contributed by atoms with Crippen molar-refractivity contribution in [1.29, 1.82) is 0 Å². The third kappa shape index (κ3) is 1.96. The molecular formula is C10H16N2O2. The van der Waals surface area contributed by atoms with Gasteiger partial charge in [-0.15, -0.1) is 0 Å². The standard InChI is InChI=1S/C10H16N2O2/c1-13-10(3-2-4-10)8-11-5-9-6-12-14-7-9/h6-7,11H,2-5,8H2,1H3. The number of aromatic nitrogens is 1. The lowest BCUT2D eigenvalue weighted by Gasteiger charge is -2.40. The Labute approximate surface area is 83.6 Å². The van der Waals surface area contributed by atoms with E-state index in [1.807, 2.05) is 0 Å². The maximum Gasteiger partial charge on any atom is 0.128 e. The minimum atomic E-state index is 0.0944. The van der Waals surface area contributed by atoms with Crippen LogP contribution in [0.2, 0.25) is 0 Å². The second kappa shape index (κ2) is 4.11. The first-order valence-electron chi connectivity index (χ1n) is 4.99. The van der Waals surface area contributed by atoms with Crippen molar-refractivity contribution in [2.45, 2.75) is 31.4 Å². The van der Waals surface area contributed by atoms with Crippen LogP contribution in [0.1, 0.15) is 24.8 Å².